The minimum atomic E-state index is -2.97. The van der Waals surface area contributed by atoms with Gasteiger partial charge >= 0.3 is 6.61 Å². The van der Waals surface area contributed by atoms with Gasteiger partial charge in [0.05, 0.1) is 11.6 Å². The van der Waals surface area contributed by atoms with Crippen LogP contribution in [0, 0.1) is 0 Å². The number of halogens is 3. The standard InChI is InChI=1S/C19H19ClF2N2O4/c1-24(10-12-2-4-16-17(8-12)27-7-6-26-16)11-18(25)23-13-3-5-15(14(20)9-13)28-19(21)22/h2-5,8-9,19H,6-7,10-11H2,1H3,(H,23,25). The van der Waals surface area contributed by atoms with Gasteiger partial charge in [-0.25, -0.2) is 0 Å². The molecule has 3 rings (SSSR count). The number of anilines is 1. The Morgan fingerprint density at radius 1 is 1.21 bits per heavy atom. The monoisotopic (exact) mass is 412 g/mol. The second-order valence-corrected chi connectivity index (χ2v) is 6.63. The van der Waals surface area contributed by atoms with Crippen LogP contribution in [-0.2, 0) is 11.3 Å². The van der Waals surface area contributed by atoms with Crippen LogP contribution >= 0.6 is 11.6 Å². The summed E-state index contributed by atoms with van der Waals surface area (Å²) in [5.74, 6) is 0.998. The molecule has 150 valence electrons. The lowest BCUT2D eigenvalue weighted by Gasteiger charge is -2.21. The van der Waals surface area contributed by atoms with Crippen molar-refractivity contribution < 1.29 is 27.8 Å². The van der Waals surface area contributed by atoms with Gasteiger partial charge in [0.25, 0.3) is 0 Å². The maximum atomic E-state index is 12.3. The summed E-state index contributed by atoms with van der Waals surface area (Å²) in [7, 11) is 1.81. The first kappa shape index (κ1) is 20.2. The Labute approximate surface area is 165 Å². The van der Waals surface area contributed by atoms with Crippen molar-refractivity contribution in [3.63, 3.8) is 0 Å². The number of nitrogens with zero attached hydrogens (tertiary/aromatic N) is 1. The van der Waals surface area contributed by atoms with Crippen LogP contribution in [0.25, 0.3) is 0 Å². The van der Waals surface area contributed by atoms with Crippen LogP contribution in [0.2, 0.25) is 5.02 Å². The Morgan fingerprint density at radius 3 is 2.68 bits per heavy atom. The molecule has 1 aliphatic heterocycles. The van der Waals surface area contributed by atoms with Gasteiger partial charge in [-0.05, 0) is 42.9 Å². The number of carbonyl (C=O) groups excluding carboxylic acids is 1. The van der Waals surface area contributed by atoms with Crippen molar-refractivity contribution in [3.8, 4) is 17.2 Å². The molecule has 6 nitrogen and oxygen atoms in total. The minimum absolute atomic E-state index is 0.0114. The molecule has 0 saturated heterocycles. The van der Waals surface area contributed by atoms with E-state index in [4.69, 9.17) is 21.1 Å². The number of nitrogens with one attached hydrogen (secondary N) is 1. The van der Waals surface area contributed by atoms with Gasteiger partial charge in [-0.2, -0.15) is 8.78 Å². The summed E-state index contributed by atoms with van der Waals surface area (Å²) < 4.78 is 39.8. The third kappa shape index (κ3) is 5.46. The summed E-state index contributed by atoms with van der Waals surface area (Å²) in [6.07, 6.45) is 0. The molecule has 0 aliphatic carbocycles. The van der Waals surface area contributed by atoms with E-state index in [0.29, 0.717) is 36.9 Å². The number of benzene rings is 2. The van der Waals surface area contributed by atoms with Crippen molar-refractivity contribution in [3.05, 3.63) is 47.0 Å². The van der Waals surface area contributed by atoms with E-state index in [2.05, 4.69) is 10.1 Å². The molecule has 0 bridgehead atoms. The predicted octanol–water partition coefficient (Wildman–Crippen LogP) is 3.78. The Hall–Kier alpha value is -2.58. The van der Waals surface area contributed by atoms with Crippen LogP contribution in [-0.4, -0.2) is 44.2 Å². The van der Waals surface area contributed by atoms with Gasteiger partial charge in [0.2, 0.25) is 5.91 Å². The average Bonchev–Trinajstić information content (AvgIpc) is 2.63. The number of rotatable bonds is 7. The van der Waals surface area contributed by atoms with Gasteiger partial charge in [0.15, 0.2) is 11.5 Å². The largest absolute Gasteiger partial charge is 0.486 e. The van der Waals surface area contributed by atoms with Crippen molar-refractivity contribution in [2.75, 3.05) is 32.1 Å². The maximum absolute atomic E-state index is 12.3. The van der Waals surface area contributed by atoms with Gasteiger partial charge in [-0.15, -0.1) is 0 Å². The summed E-state index contributed by atoms with van der Waals surface area (Å²) >= 11 is 5.89. The van der Waals surface area contributed by atoms with Crippen LogP contribution in [0.1, 0.15) is 5.56 Å². The fourth-order valence-corrected chi connectivity index (χ4v) is 2.99. The summed E-state index contributed by atoms with van der Waals surface area (Å²) in [6.45, 7) is -1.26. The number of hydrogen-bond acceptors (Lipinski definition) is 5. The number of amides is 1. The molecule has 2 aromatic rings. The fourth-order valence-electron chi connectivity index (χ4n) is 2.77. The van der Waals surface area contributed by atoms with Crippen LogP contribution in [0.15, 0.2) is 36.4 Å². The quantitative estimate of drug-likeness (QED) is 0.750. The highest BCUT2D eigenvalue weighted by atomic mass is 35.5. The average molecular weight is 413 g/mol. The smallest absolute Gasteiger partial charge is 0.387 e. The lowest BCUT2D eigenvalue weighted by Crippen LogP contribution is -2.29. The Balaban J connectivity index is 1.53. The third-order valence-electron chi connectivity index (χ3n) is 3.90. The summed E-state index contributed by atoms with van der Waals surface area (Å²) in [5.41, 5.74) is 1.38. The highest BCUT2D eigenvalue weighted by molar-refractivity contribution is 6.32. The van der Waals surface area contributed by atoms with Crippen molar-refractivity contribution in [1.29, 1.82) is 0 Å². The highest BCUT2D eigenvalue weighted by Crippen LogP contribution is 2.31. The van der Waals surface area contributed by atoms with Crippen LogP contribution < -0.4 is 19.5 Å². The molecule has 0 fully saturated rings. The molecule has 28 heavy (non-hydrogen) atoms. The number of fused-ring (bicyclic) bond motifs is 1. The van der Waals surface area contributed by atoms with E-state index in [9.17, 15) is 13.6 Å². The zero-order valence-corrected chi connectivity index (χ0v) is 15.8. The zero-order valence-electron chi connectivity index (χ0n) is 15.1. The lowest BCUT2D eigenvalue weighted by atomic mass is 10.2. The second kappa shape index (κ2) is 9.07. The highest BCUT2D eigenvalue weighted by Gasteiger charge is 2.14. The molecule has 0 radical (unpaired) electrons. The SMILES string of the molecule is CN(CC(=O)Nc1ccc(OC(F)F)c(Cl)c1)Cc1ccc2c(c1)OCCO2. The summed E-state index contributed by atoms with van der Waals surface area (Å²) in [5, 5.41) is 2.67. The first-order chi connectivity index (χ1) is 13.4. The van der Waals surface area contributed by atoms with Gasteiger partial charge in [0, 0.05) is 12.2 Å². The van der Waals surface area contributed by atoms with E-state index in [-0.39, 0.29) is 23.2 Å². The molecule has 1 N–H and O–H groups in total. The van der Waals surface area contributed by atoms with Crippen LogP contribution in [0.3, 0.4) is 0 Å². The lowest BCUT2D eigenvalue weighted by molar-refractivity contribution is -0.117. The van der Waals surface area contributed by atoms with Crippen molar-refractivity contribution in [1.82, 2.24) is 4.90 Å². The zero-order chi connectivity index (χ0) is 20.1. The topological polar surface area (TPSA) is 60.0 Å². The normalized spacial score (nSPS) is 12.9. The molecule has 9 heteroatoms. The second-order valence-electron chi connectivity index (χ2n) is 6.22. The van der Waals surface area contributed by atoms with Crippen LogP contribution in [0.4, 0.5) is 14.5 Å². The molecule has 1 heterocycles. The Morgan fingerprint density at radius 2 is 1.96 bits per heavy atom. The third-order valence-corrected chi connectivity index (χ3v) is 4.20. The number of carbonyl (C=O) groups is 1. The van der Waals surface area contributed by atoms with E-state index in [1.807, 2.05) is 30.1 Å². The molecular weight excluding hydrogens is 394 g/mol. The number of alkyl halides is 2. The number of hydrogen-bond donors (Lipinski definition) is 1. The van der Waals surface area contributed by atoms with E-state index >= 15 is 0 Å². The van der Waals surface area contributed by atoms with E-state index in [0.717, 1.165) is 5.56 Å². The molecule has 2 aromatic carbocycles. The minimum Gasteiger partial charge on any atom is -0.486 e. The van der Waals surface area contributed by atoms with Crippen molar-refractivity contribution in [2.24, 2.45) is 0 Å². The molecular formula is C19H19ClF2N2O4. The summed E-state index contributed by atoms with van der Waals surface area (Å²) in [4.78, 5) is 14.1. The van der Waals surface area contributed by atoms with Gasteiger partial charge in [-0.3, -0.25) is 9.69 Å². The maximum Gasteiger partial charge on any atom is 0.387 e. The predicted molar refractivity (Wildman–Crippen MR) is 100 cm³/mol. The number of ether oxygens (including phenoxy) is 3. The molecule has 0 atom stereocenters. The van der Waals surface area contributed by atoms with E-state index in [1.165, 1.54) is 18.2 Å². The Kier molecular flexibility index (Phi) is 6.53. The summed E-state index contributed by atoms with van der Waals surface area (Å²) in [6, 6.07) is 9.75. The molecule has 0 spiro atoms. The first-order valence-electron chi connectivity index (χ1n) is 8.52. The van der Waals surface area contributed by atoms with E-state index in [1.54, 1.807) is 0 Å². The molecule has 0 saturated carbocycles. The Bertz CT molecular complexity index is 851. The van der Waals surface area contributed by atoms with Crippen molar-refractivity contribution in [2.45, 2.75) is 13.2 Å². The van der Waals surface area contributed by atoms with Gasteiger partial charge in [-0.1, -0.05) is 17.7 Å². The van der Waals surface area contributed by atoms with E-state index < -0.39 is 6.61 Å². The number of likely N-dealkylation sites (N-methyl/N-ethyl adjacent to an activating group) is 1. The molecule has 1 amide bonds. The van der Waals surface area contributed by atoms with Gasteiger partial charge < -0.3 is 19.5 Å². The molecule has 0 unspecified atom stereocenters. The molecule has 1 aliphatic rings. The fraction of sp³-hybridized carbons (Fsp3) is 0.316. The van der Waals surface area contributed by atoms with Crippen LogP contribution in [0.5, 0.6) is 17.2 Å². The van der Waals surface area contributed by atoms with Crippen molar-refractivity contribution >= 4 is 23.2 Å². The van der Waals surface area contributed by atoms with Gasteiger partial charge in [0.1, 0.15) is 19.0 Å². The first-order valence-corrected chi connectivity index (χ1v) is 8.90. The molecule has 0 aromatic heterocycles.